The molecule has 0 fully saturated rings. The molecule has 3 aromatic rings. The maximum atomic E-state index is 12.6. The van der Waals surface area contributed by atoms with Gasteiger partial charge in [-0.2, -0.15) is 0 Å². The number of sulfonamides is 1. The molecule has 3 aromatic carbocycles. The SMILES string of the molecule is Cc1ccccc1CN(c1ccc(C(=O)NCc2ccc(OC(C)C)cc2)cc1)S(C)(=O)=O. The highest BCUT2D eigenvalue weighted by Crippen LogP contribution is 2.22. The minimum atomic E-state index is -3.50. The van der Waals surface area contributed by atoms with Crippen molar-refractivity contribution in [1.82, 2.24) is 5.32 Å². The Labute approximate surface area is 196 Å². The standard InChI is InChI=1S/C26H30N2O4S/c1-19(2)32-25-15-9-21(10-16-25)17-27-26(29)22-11-13-24(14-12-22)28(33(4,30)31)18-23-8-6-5-7-20(23)3/h5-16,19H,17-18H2,1-4H3,(H,27,29). The number of amides is 1. The molecule has 0 heterocycles. The van der Waals surface area contributed by atoms with Crippen molar-refractivity contribution < 1.29 is 17.9 Å². The minimum absolute atomic E-state index is 0.105. The number of nitrogens with one attached hydrogen (secondary N) is 1. The number of aryl methyl sites for hydroxylation is 1. The fourth-order valence-electron chi connectivity index (χ4n) is 3.36. The molecule has 0 aliphatic heterocycles. The van der Waals surface area contributed by atoms with E-state index < -0.39 is 10.0 Å². The molecule has 6 nitrogen and oxygen atoms in total. The van der Waals surface area contributed by atoms with Crippen molar-refractivity contribution in [2.75, 3.05) is 10.6 Å². The van der Waals surface area contributed by atoms with Gasteiger partial charge in [-0.25, -0.2) is 8.42 Å². The summed E-state index contributed by atoms with van der Waals surface area (Å²) in [5, 5.41) is 2.89. The Morgan fingerprint density at radius 3 is 2.18 bits per heavy atom. The third-order valence-corrected chi connectivity index (χ3v) is 6.28. The van der Waals surface area contributed by atoms with Crippen molar-refractivity contribution >= 4 is 21.6 Å². The second kappa shape index (κ2) is 10.5. The number of hydrogen-bond donors (Lipinski definition) is 1. The molecule has 0 saturated heterocycles. The lowest BCUT2D eigenvalue weighted by atomic mass is 10.1. The van der Waals surface area contributed by atoms with Gasteiger partial charge < -0.3 is 10.1 Å². The molecule has 174 valence electrons. The van der Waals surface area contributed by atoms with Crippen LogP contribution in [0.2, 0.25) is 0 Å². The number of carbonyl (C=O) groups is 1. The van der Waals surface area contributed by atoms with Gasteiger partial charge in [0.2, 0.25) is 10.0 Å². The van der Waals surface area contributed by atoms with Gasteiger partial charge in [0.05, 0.1) is 24.6 Å². The minimum Gasteiger partial charge on any atom is -0.491 e. The monoisotopic (exact) mass is 466 g/mol. The van der Waals surface area contributed by atoms with Crippen LogP contribution in [0.5, 0.6) is 5.75 Å². The van der Waals surface area contributed by atoms with Crippen molar-refractivity contribution in [3.05, 3.63) is 95.1 Å². The molecule has 1 N–H and O–H groups in total. The van der Waals surface area contributed by atoms with Crippen molar-refractivity contribution in [2.24, 2.45) is 0 Å². The van der Waals surface area contributed by atoms with E-state index in [0.29, 0.717) is 17.8 Å². The summed E-state index contributed by atoms with van der Waals surface area (Å²) in [4.78, 5) is 12.6. The molecule has 0 aliphatic rings. The number of ether oxygens (including phenoxy) is 1. The van der Waals surface area contributed by atoms with Gasteiger partial charge in [0, 0.05) is 12.1 Å². The Morgan fingerprint density at radius 1 is 0.970 bits per heavy atom. The van der Waals surface area contributed by atoms with Gasteiger partial charge in [-0.05, 0) is 73.9 Å². The van der Waals surface area contributed by atoms with Gasteiger partial charge in [-0.15, -0.1) is 0 Å². The van der Waals surface area contributed by atoms with Gasteiger partial charge in [-0.1, -0.05) is 36.4 Å². The van der Waals surface area contributed by atoms with E-state index in [1.54, 1.807) is 24.3 Å². The second-order valence-corrected chi connectivity index (χ2v) is 10.1. The normalized spacial score (nSPS) is 11.3. The average molecular weight is 467 g/mol. The van der Waals surface area contributed by atoms with E-state index in [4.69, 9.17) is 4.74 Å². The molecular weight excluding hydrogens is 436 g/mol. The quantitative estimate of drug-likeness (QED) is 0.497. The van der Waals surface area contributed by atoms with Crippen LogP contribution in [-0.4, -0.2) is 26.7 Å². The Morgan fingerprint density at radius 2 is 1.61 bits per heavy atom. The second-order valence-electron chi connectivity index (χ2n) is 8.24. The van der Waals surface area contributed by atoms with E-state index in [9.17, 15) is 13.2 Å². The first-order valence-electron chi connectivity index (χ1n) is 10.8. The lowest BCUT2D eigenvalue weighted by Gasteiger charge is -2.23. The van der Waals surface area contributed by atoms with E-state index in [-0.39, 0.29) is 18.6 Å². The summed E-state index contributed by atoms with van der Waals surface area (Å²) in [6, 6.07) is 21.9. The smallest absolute Gasteiger partial charge is 0.251 e. The van der Waals surface area contributed by atoms with Crippen molar-refractivity contribution in [2.45, 2.75) is 40.0 Å². The first-order chi connectivity index (χ1) is 15.6. The summed E-state index contributed by atoms with van der Waals surface area (Å²) in [6.45, 7) is 6.50. The Bertz CT molecular complexity index is 1190. The van der Waals surface area contributed by atoms with Gasteiger partial charge >= 0.3 is 0 Å². The fourth-order valence-corrected chi connectivity index (χ4v) is 4.24. The summed E-state index contributed by atoms with van der Waals surface area (Å²) in [5.74, 6) is 0.561. The maximum Gasteiger partial charge on any atom is 0.251 e. The first kappa shape index (κ1) is 24.3. The molecule has 0 spiro atoms. The highest BCUT2D eigenvalue weighted by atomic mass is 32.2. The van der Waals surface area contributed by atoms with E-state index in [0.717, 1.165) is 22.4 Å². The number of benzene rings is 3. The topological polar surface area (TPSA) is 75.7 Å². The van der Waals surface area contributed by atoms with Crippen LogP contribution in [-0.2, 0) is 23.1 Å². The van der Waals surface area contributed by atoms with Crippen LogP contribution >= 0.6 is 0 Å². The number of anilines is 1. The fraction of sp³-hybridized carbons (Fsp3) is 0.269. The van der Waals surface area contributed by atoms with E-state index in [1.807, 2.05) is 69.3 Å². The molecule has 0 radical (unpaired) electrons. The zero-order valence-electron chi connectivity index (χ0n) is 19.4. The molecule has 0 saturated carbocycles. The Balaban J connectivity index is 1.67. The maximum absolute atomic E-state index is 12.6. The number of rotatable bonds is 9. The summed E-state index contributed by atoms with van der Waals surface area (Å²) in [5.41, 5.74) is 3.87. The van der Waals surface area contributed by atoms with Gasteiger partial charge in [0.25, 0.3) is 5.91 Å². The van der Waals surface area contributed by atoms with E-state index >= 15 is 0 Å². The molecule has 0 bridgehead atoms. The van der Waals surface area contributed by atoms with Crippen LogP contribution in [0.4, 0.5) is 5.69 Å². The first-order valence-corrected chi connectivity index (χ1v) is 12.6. The molecule has 0 aliphatic carbocycles. The lowest BCUT2D eigenvalue weighted by molar-refractivity contribution is 0.0951. The molecule has 3 rings (SSSR count). The third-order valence-electron chi connectivity index (χ3n) is 5.14. The number of carbonyl (C=O) groups excluding carboxylic acids is 1. The van der Waals surface area contributed by atoms with Crippen molar-refractivity contribution in [3.63, 3.8) is 0 Å². The lowest BCUT2D eigenvalue weighted by Crippen LogP contribution is -2.29. The zero-order chi connectivity index (χ0) is 24.0. The van der Waals surface area contributed by atoms with E-state index in [1.165, 1.54) is 10.6 Å². The summed E-state index contributed by atoms with van der Waals surface area (Å²) >= 11 is 0. The highest BCUT2D eigenvalue weighted by molar-refractivity contribution is 7.92. The average Bonchev–Trinajstić information content (AvgIpc) is 2.77. The highest BCUT2D eigenvalue weighted by Gasteiger charge is 2.19. The summed E-state index contributed by atoms with van der Waals surface area (Å²) in [7, 11) is -3.50. The van der Waals surface area contributed by atoms with Crippen LogP contribution < -0.4 is 14.4 Å². The molecule has 33 heavy (non-hydrogen) atoms. The third kappa shape index (κ3) is 6.83. The van der Waals surface area contributed by atoms with Crippen molar-refractivity contribution in [1.29, 1.82) is 0 Å². The zero-order valence-corrected chi connectivity index (χ0v) is 20.2. The predicted octanol–water partition coefficient (Wildman–Crippen LogP) is 4.68. The van der Waals surface area contributed by atoms with Gasteiger partial charge in [0.15, 0.2) is 0 Å². The Kier molecular flexibility index (Phi) is 7.76. The molecule has 0 aromatic heterocycles. The van der Waals surface area contributed by atoms with Crippen LogP contribution in [0.1, 0.15) is 40.9 Å². The molecule has 0 atom stereocenters. The van der Waals surface area contributed by atoms with Crippen LogP contribution in [0.3, 0.4) is 0 Å². The predicted molar refractivity (Wildman–Crippen MR) is 132 cm³/mol. The van der Waals surface area contributed by atoms with Crippen LogP contribution in [0.15, 0.2) is 72.8 Å². The molecule has 7 heteroatoms. The number of nitrogens with zero attached hydrogens (tertiary/aromatic N) is 1. The summed E-state index contributed by atoms with van der Waals surface area (Å²) < 4.78 is 31.9. The van der Waals surface area contributed by atoms with Crippen molar-refractivity contribution in [3.8, 4) is 5.75 Å². The molecule has 1 amide bonds. The van der Waals surface area contributed by atoms with Gasteiger partial charge in [-0.3, -0.25) is 9.10 Å². The van der Waals surface area contributed by atoms with Gasteiger partial charge in [0.1, 0.15) is 5.75 Å². The summed E-state index contributed by atoms with van der Waals surface area (Å²) in [6.07, 6.45) is 1.29. The van der Waals surface area contributed by atoms with Crippen LogP contribution in [0.25, 0.3) is 0 Å². The largest absolute Gasteiger partial charge is 0.491 e. The molecule has 0 unspecified atom stereocenters. The number of hydrogen-bond acceptors (Lipinski definition) is 4. The van der Waals surface area contributed by atoms with Crippen LogP contribution in [0, 0.1) is 6.92 Å². The van der Waals surface area contributed by atoms with E-state index in [2.05, 4.69) is 5.32 Å². The Hall–Kier alpha value is -3.32. The molecular formula is C26H30N2O4S.